The number of fused-ring (bicyclic) bond motifs is 1. The molecule has 0 saturated heterocycles. The molecule has 4 aromatic rings. The molecule has 0 spiro atoms. The molecule has 0 unspecified atom stereocenters. The fourth-order valence-electron chi connectivity index (χ4n) is 3.33. The van der Waals surface area contributed by atoms with Gasteiger partial charge in [-0.15, -0.1) is 0 Å². The molecule has 30 heavy (non-hydrogen) atoms. The van der Waals surface area contributed by atoms with Gasteiger partial charge in [-0.1, -0.05) is 48.9 Å². The Balaban J connectivity index is 1.63. The maximum atomic E-state index is 12.7. The molecular weight excluding hydrogens is 396 g/mol. The number of nitrogens with zero attached hydrogens (tertiary/aromatic N) is 3. The van der Waals surface area contributed by atoms with Crippen LogP contribution in [0.25, 0.3) is 11.2 Å². The average molecular weight is 421 g/mol. The van der Waals surface area contributed by atoms with Crippen LogP contribution in [-0.4, -0.2) is 23.0 Å². The highest BCUT2D eigenvalue weighted by atomic mass is 32.2. The highest BCUT2D eigenvalue weighted by Crippen LogP contribution is 2.18. The lowest BCUT2D eigenvalue weighted by molar-refractivity contribution is 0.576. The Kier molecular flexibility index (Phi) is 5.65. The molecule has 0 aliphatic rings. The van der Waals surface area contributed by atoms with E-state index >= 15 is 0 Å². The minimum atomic E-state index is -3.64. The number of aryl methyl sites for hydroxylation is 2. The Hall–Kier alpha value is -3.03. The summed E-state index contributed by atoms with van der Waals surface area (Å²) in [7, 11) is -3.64. The van der Waals surface area contributed by atoms with E-state index in [1.807, 2.05) is 23.6 Å². The quantitative estimate of drug-likeness (QED) is 0.493. The van der Waals surface area contributed by atoms with Crippen LogP contribution in [0, 0.1) is 6.92 Å². The number of pyridine rings is 1. The van der Waals surface area contributed by atoms with Crippen LogP contribution in [0.4, 0.5) is 0 Å². The Morgan fingerprint density at radius 1 is 0.967 bits per heavy atom. The summed E-state index contributed by atoms with van der Waals surface area (Å²) >= 11 is 0. The Morgan fingerprint density at radius 2 is 1.67 bits per heavy atom. The first kappa shape index (κ1) is 20.3. The fourth-order valence-corrected chi connectivity index (χ4v) is 4.31. The summed E-state index contributed by atoms with van der Waals surface area (Å²) in [6.07, 6.45) is 2.71. The summed E-state index contributed by atoms with van der Waals surface area (Å²) in [5.74, 6) is 0.624. The molecule has 154 valence electrons. The second-order valence-corrected chi connectivity index (χ2v) is 9.03. The van der Waals surface area contributed by atoms with Gasteiger partial charge in [0, 0.05) is 6.20 Å². The van der Waals surface area contributed by atoms with E-state index in [-0.39, 0.29) is 11.4 Å². The lowest BCUT2D eigenvalue weighted by Crippen LogP contribution is -2.25. The van der Waals surface area contributed by atoms with Gasteiger partial charge in [-0.3, -0.25) is 0 Å². The topological polar surface area (TPSA) is 76.9 Å². The van der Waals surface area contributed by atoms with Crippen LogP contribution >= 0.6 is 0 Å². The Labute approximate surface area is 176 Å². The molecule has 1 N–H and O–H groups in total. The second kappa shape index (κ2) is 8.38. The van der Waals surface area contributed by atoms with Crippen LogP contribution in [0.1, 0.15) is 29.4 Å². The van der Waals surface area contributed by atoms with Gasteiger partial charge in [-0.2, -0.15) is 0 Å². The Morgan fingerprint density at radius 3 is 2.37 bits per heavy atom. The van der Waals surface area contributed by atoms with Crippen molar-refractivity contribution in [2.75, 3.05) is 0 Å². The number of hydrogen-bond donors (Lipinski definition) is 1. The van der Waals surface area contributed by atoms with Crippen LogP contribution in [0.15, 0.2) is 71.8 Å². The summed E-state index contributed by atoms with van der Waals surface area (Å²) < 4.78 is 30.1. The molecule has 0 aliphatic carbocycles. The van der Waals surface area contributed by atoms with Crippen molar-refractivity contribution in [1.82, 2.24) is 19.3 Å². The van der Waals surface area contributed by atoms with E-state index in [1.54, 1.807) is 30.5 Å². The molecule has 2 heterocycles. The van der Waals surface area contributed by atoms with Crippen molar-refractivity contribution >= 4 is 21.2 Å². The van der Waals surface area contributed by atoms with Crippen LogP contribution in [0.3, 0.4) is 0 Å². The van der Waals surface area contributed by atoms with Crippen LogP contribution in [-0.2, 0) is 29.5 Å². The van der Waals surface area contributed by atoms with Gasteiger partial charge in [0.15, 0.2) is 5.65 Å². The van der Waals surface area contributed by atoms with E-state index in [9.17, 15) is 8.42 Å². The lowest BCUT2D eigenvalue weighted by atomic mass is 10.1. The number of sulfonamides is 1. The second-order valence-electron chi connectivity index (χ2n) is 7.27. The first-order chi connectivity index (χ1) is 14.5. The monoisotopic (exact) mass is 420 g/mol. The number of benzene rings is 2. The van der Waals surface area contributed by atoms with Gasteiger partial charge in [-0.05, 0) is 48.7 Å². The molecule has 0 radical (unpaired) electrons. The van der Waals surface area contributed by atoms with E-state index < -0.39 is 10.0 Å². The number of nitrogens with one attached hydrogen (secondary N) is 1. The highest BCUT2D eigenvalue weighted by molar-refractivity contribution is 7.89. The van der Waals surface area contributed by atoms with Gasteiger partial charge >= 0.3 is 0 Å². The molecule has 4 rings (SSSR count). The molecule has 6 nitrogen and oxygen atoms in total. The van der Waals surface area contributed by atoms with Gasteiger partial charge in [0.25, 0.3) is 0 Å². The van der Waals surface area contributed by atoms with E-state index in [4.69, 9.17) is 0 Å². The highest BCUT2D eigenvalue weighted by Gasteiger charge is 2.17. The fraction of sp³-hybridized carbons (Fsp3) is 0.217. The Bertz CT molecular complexity index is 1260. The van der Waals surface area contributed by atoms with Crippen molar-refractivity contribution in [2.45, 2.75) is 38.3 Å². The summed E-state index contributed by atoms with van der Waals surface area (Å²) in [6.45, 7) is 4.70. The summed E-state index contributed by atoms with van der Waals surface area (Å²) in [6, 6.07) is 18.9. The van der Waals surface area contributed by atoms with Crippen molar-refractivity contribution in [1.29, 1.82) is 0 Å². The zero-order chi connectivity index (χ0) is 21.1. The van der Waals surface area contributed by atoms with Gasteiger partial charge in [0.2, 0.25) is 10.0 Å². The van der Waals surface area contributed by atoms with Gasteiger partial charge in [-0.25, -0.2) is 23.1 Å². The predicted octanol–water partition coefficient (Wildman–Crippen LogP) is 3.83. The van der Waals surface area contributed by atoms with Crippen molar-refractivity contribution in [3.05, 3.63) is 89.4 Å². The molecule has 0 fully saturated rings. The van der Waals surface area contributed by atoms with Crippen molar-refractivity contribution in [3.63, 3.8) is 0 Å². The molecule has 7 heteroatoms. The van der Waals surface area contributed by atoms with E-state index in [0.29, 0.717) is 12.4 Å². The third kappa shape index (κ3) is 4.27. The third-order valence-corrected chi connectivity index (χ3v) is 6.52. The minimum absolute atomic E-state index is 0.0829. The standard InChI is InChI=1S/C23H24N4O2S/c1-3-18-8-10-19(11-9-18)16-27-22(26-21-5-4-14-24-23(21)27)15-25-30(28,29)20-12-6-17(2)7-13-20/h4-14,25H,3,15-16H2,1-2H3. The first-order valence-electron chi connectivity index (χ1n) is 9.90. The SMILES string of the molecule is CCc1ccc(Cn2c(CNS(=O)(=O)c3ccc(C)cc3)nc3cccnc32)cc1. The molecule has 2 aromatic carbocycles. The predicted molar refractivity (Wildman–Crippen MR) is 118 cm³/mol. The maximum absolute atomic E-state index is 12.7. The van der Waals surface area contributed by atoms with Crippen molar-refractivity contribution in [3.8, 4) is 0 Å². The third-order valence-electron chi connectivity index (χ3n) is 5.11. The van der Waals surface area contributed by atoms with Crippen LogP contribution in [0.5, 0.6) is 0 Å². The van der Waals surface area contributed by atoms with Gasteiger partial charge in [0.05, 0.1) is 18.0 Å². The van der Waals surface area contributed by atoms with Crippen molar-refractivity contribution < 1.29 is 8.42 Å². The molecular formula is C23H24N4O2S. The lowest BCUT2D eigenvalue weighted by Gasteiger charge is -2.11. The van der Waals surface area contributed by atoms with Gasteiger partial charge in [0.1, 0.15) is 11.3 Å². The van der Waals surface area contributed by atoms with Gasteiger partial charge < -0.3 is 4.57 Å². The molecule has 0 atom stereocenters. The summed E-state index contributed by atoms with van der Waals surface area (Å²) in [5.41, 5.74) is 4.88. The normalized spacial score (nSPS) is 11.8. The van der Waals surface area contributed by atoms with Crippen LogP contribution in [0.2, 0.25) is 0 Å². The molecule has 2 aromatic heterocycles. The van der Waals surface area contributed by atoms with E-state index in [2.05, 4.69) is 45.9 Å². The summed E-state index contributed by atoms with van der Waals surface area (Å²) in [4.78, 5) is 9.33. The van der Waals surface area contributed by atoms with Crippen molar-refractivity contribution in [2.24, 2.45) is 0 Å². The number of rotatable bonds is 7. The summed E-state index contributed by atoms with van der Waals surface area (Å²) in [5, 5.41) is 0. The largest absolute Gasteiger partial charge is 0.307 e. The smallest absolute Gasteiger partial charge is 0.240 e. The number of aromatic nitrogens is 3. The van der Waals surface area contributed by atoms with E-state index in [1.165, 1.54) is 5.56 Å². The molecule has 0 bridgehead atoms. The average Bonchev–Trinajstić information content (AvgIpc) is 3.11. The maximum Gasteiger partial charge on any atom is 0.240 e. The molecule has 0 saturated carbocycles. The minimum Gasteiger partial charge on any atom is -0.307 e. The zero-order valence-electron chi connectivity index (χ0n) is 17.0. The van der Waals surface area contributed by atoms with Crippen LogP contribution < -0.4 is 4.72 Å². The number of hydrogen-bond acceptors (Lipinski definition) is 4. The zero-order valence-corrected chi connectivity index (χ0v) is 17.9. The first-order valence-corrected chi connectivity index (χ1v) is 11.4. The molecule has 0 aliphatic heterocycles. The molecule has 0 amide bonds. The van der Waals surface area contributed by atoms with E-state index in [0.717, 1.165) is 28.7 Å². The number of imidazole rings is 1.